The van der Waals surface area contributed by atoms with Gasteiger partial charge in [0.2, 0.25) is 0 Å². The van der Waals surface area contributed by atoms with E-state index in [2.05, 4.69) is 10.4 Å². The van der Waals surface area contributed by atoms with Crippen LogP contribution < -0.4 is 5.32 Å². The van der Waals surface area contributed by atoms with Crippen molar-refractivity contribution >= 4 is 5.91 Å². The van der Waals surface area contributed by atoms with Crippen LogP contribution in [0.5, 0.6) is 0 Å². The molecule has 1 amide bonds. The van der Waals surface area contributed by atoms with Gasteiger partial charge in [-0.1, -0.05) is 0 Å². The SMILES string of the molecule is Cc1cc(C(=O)NCCn2cc(-c3ccoc3)cn2)c(C)o1. The number of rotatable bonds is 5. The number of aromatic nitrogens is 2. The molecule has 0 aliphatic rings. The van der Waals surface area contributed by atoms with Crippen LogP contribution in [0.15, 0.2) is 45.9 Å². The van der Waals surface area contributed by atoms with Crippen LogP contribution >= 0.6 is 0 Å². The highest BCUT2D eigenvalue weighted by Gasteiger charge is 2.12. The van der Waals surface area contributed by atoms with Crippen LogP contribution in [0, 0.1) is 13.8 Å². The smallest absolute Gasteiger partial charge is 0.254 e. The molecule has 22 heavy (non-hydrogen) atoms. The Hall–Kier alpha value is -2.76. The Morgan fingerprint density at radius 3 is 2.91 bits per heavy atom. The van der Waals surface area contributed by atoms with Crippen molar-refractivity contribution in [3.8, 4) is 11.1 Å². The van der Waals surface area contributed by atoms with E-state index in [-0.39, 0.29) is 5.91 Å². The topological polar surface area (TPSA) is 73.2 Å². The van der Waals surface area contributed by atoms with Gasteiger partial charge in [-0.15, -0.1) is 0 Å². The number of furan rings is 2. The first-order valence-electron chi connectivity index (χ1n) is 7.04. The second-order valence-corrected chi connectivity index (χ2v) is 5.09. The van der Waals surface area contributed by atoms with Crippen LogP contribution in [-0.2, 0) is 6.54 Å². The summed E-state index contributed by atoms with van der Waals surface area (Å²) in [5.74, 6) is 1.24. The second-order valence-electron chi connectivity index (χ2n) is 5.09. The first-order valence-corrected chi connectivity index (χ1v) is 7.04. The number of nitrogens with zero attached hydrogens (tertiary/aromatic N) is 2. The highest BCUT2D eigenvalue weighted by Crippen LogP contribution is 2.18. The summed E-state index contributed by atoms with van der Waals surface area (Å²) < 4.78 is 12.2. The van der Waals surface area contributed by atoms with Crippen LogP contribution in [0.4, 0.5) is 0 Å². The van der Waals surface area contributed by atoms with Crippen LogP contribution in [-0.4, -0.2) is 22.2 Å². The first-order chi connectivity index (χ1) is 10.6. The van der Waals surface area contributed by atoms with Gasteiger partial charge in [-0.05, 0) is 26.0 Å². The first kappa shape index (κ1) is 14.2. The molecule has 6 nitrogen and oxygen atoms in total. The van der Waals surface area contributed by atoms with Gasteiger partial charge >= 0.3 is 0 Å². The van der Waals surface area contributed by atoms with Gasteiger partial charge in [0, 0.05) is 23.9 Å². The molecule has 0 atom stereocenters. The predicted molar refractivity (Wildman–Crippen MR) is 80.4 cm³/mol. The summed E-state index contributed by atoms with van der Waals surface area (Å²) in [4.78, 5) is 12.0. The van der Waals surface area contributed by atoms with Gasteiger partial charge in [-0.2, -0.15) is 5.10 Å². The van der Waals surface area contributed by atoms with E-state index < -0.39 is 0 Å². The molecule has 3 aromatic rings. The Balaban J connectivity index is 1.55. The second kappa shape index (κ2) is 5.93. The molecule has 3 heterocycles. The number of hydrogen-bond acceptors (Lipinski definition) is 4. The third-order valence-electron chi connectivity index (χ3n) is 3.40. The fraction of sp³-hybridized carbons (Fsp3) is 0.250. The summed E-state index contributed by atoms with van der Waals surface area (Å²) in [7, 11) is 0. The fourth-order valence-corrected chi connectivity index (χ4v) is 2.30. The Morgan fingerprint density at radius 2 is 2.23 bits per heavy atom. The highest BCUT2D eigenvalue weighted by atomic mass is 16.3. The number of aryl methyl sites for hydroxylation is 2. The third-order valence-corrected chi connectivity index (χ3v) is 3.40. The maximum Gasteiger partial charge on any atom is 0.254 e. The lowest BCUT2D eigenvalue weighted by Crippen LogP contribution is -2.27. The van der Waals surface area contributed by atoms with Crippen LogP contribution in [0.25, 0.3) is 11.1 Å². The van der Waals surface area contributed by atoms with E-state index in [0.717, 1.165) is 16.9 Å². The number of hydrogen-bond donors (Lipinski definition) is 1. The molecule has 3 rings (SSSR count). The standard InChI is InChI=1S/C16H17N3O3/c1-11-7-15(12(2)22-11)16(20)17-4-5-19-9-14(8-18-19)13-3-6-21-10-13/h3,6-10H,4-5H2,1-2H3,(H,17,20). The van der Waals surface area contributed by atoms with E-state index in [4.69, 9.17) is 8.83 Å². The van der Waals surface area contributed by atoms with E-state index in [0.29, 0.717) is 24.4 Å². The summed E-state index contributed by atoms with van der Waals surface area (Å²) in [5.41, 5.74) is 2.55. The van der Waals surface area contributed by atoms with Gasteiger partial charge in [0.1, 0.15) is 11.5 Å². The minimum atomic E-state index is -0.128. The average Bonchev–Trinajstić information content (AvgIpc) is 3.19. The molecule has 1 N–H and O–H groups in total. The summed E-state index contributed by atoms with van der Waals surface area (Å²) in [6, 6.07) is 3.63. The van der Waals surface area contributed by atoms with E-state index >= 15 is 0 Å². The van der Waals surface area contributed by atoms with Crippen LogP contribution in [0.2, 0.25) is 0 Å². The molecule has 0 bridgehead atoms. The van der Waals surface area contributed by atoms with Crippen molar-refractivity contribution in [2.24, 2.45) is 0 Å². The molecule has 0 aromatic carbocycles. The Bertz CT molecular complexity index is 769. The van der Waals surface area contributed by atoms with Gasteiger partial charge in [0.15, 0.2) is 0 Å². The zero-order valence-corrected chi connectivity index (χ0v) is 12.5. The summed E-state index contributed by atoms with van der Waals surface area (Å²) in [5, 5.41) is 7.14. The van der Waals surface area contributed by atoms with Gasteiger partial charge in [-0.3, -0.25) is 9.48 Å². The minimum absolute atomic E-state index is 0.128. The highest BCUT2D eigenvalue weighted by molar-refractivity contribution is 5.95. The summed E-state index contributed by atoms with van der Waals surface area (Å²) >= 11 is 0. The van der Waals surface area contributed by atoms with Gasteiger partial charge in [-0.25, -0.2) is 0 Å². The molecule has 114 valence electrons. The van der Waals surface area contributed by atoms with Gasteiger partial charge < -0.3 is 14.2 Å². The molecule has 0 unspecified atom stereocenters. The normalized spacial score (nSPS) is 10.8. The van der Waals surface area contributed by atoms with Crippen molar-refractivity contribution in [1.29, 1.82) is 0 Å². The molecule has 6 heteroatoms. The predicted octanol–water partition coefficient (Wildman–Crippen LogP) is 2.78. The number of carbonyl (C=O) groups excluding carboxylic acids is 1. The molecule has 0 fully saturated rings. The zero-order chi connectivity index (χ0) is 15.5. The van der Waals surface area contributed by atoms with Crippen molar-refractivity contribution in [1.82, 2.24) is 15.1 Å². The molecule has 0 radical (unpaired) electrons. The largest absolute Gasteiger partial charge is 0.472 e. The molecular formula is C16H17N3O3. The average molecular weight is 299 g/mol. The van der Waals surface area contributed by atoms with Crippen LogP contribution in [0.3, 0.4) is 0 Å². The van der Waals surface area contributed by atoms with Crippen molar-refractivity contribution < 1.29 is 13.6 Å². The van der Waals surface area contributed by atoms with Crippen molar-refractivity contribution in [3.63, 3.8) is 0 Å². The van der Waals surface area contributed by atoms with Crippen molar-refractivity contribution in [2.45, 2.75) is 20.4 Å². The van der Waals surface area contributed by atoms with E-state index in [1.54, 1.807) is 36.4 Å². The Labute approximate surface area is 127 Å². The monoisotopic (exact) mass is 299 g/mol. The number of nitrogens with one attached hydrogen (secondary N) is 1. The lowest BCUT2D eigenvalue weighted by Gasteiger charge is -2.04. The van der Waals surface area contributed by atoms with Crippen molar-refractivity contribution in [2.75, 3.05) is 6.54 Å². The van der Waals surface area contributed by atoms with Crippen molar-refractivity contribution in [3.05, 3.63) is 54.1 Å². The van der Waals surface area contributed by atoms with E-state index in [9.17, 15) is 4.79 Å². The maximum absolute atomic E-state index is 12.0. The molecule has 0 aliphatic heterocycles. The van der Waals surface area contributed by atoms with E-state index in [1.807, 2.05) is 19.2 Å². The number of carbonyl (C=O) groups is 1. The Morgan fingerprint density at radius 1 is 1.36 bits per heavy atom. The summed E-state index contributed by atoms with van der Waals surface area (Å²) in [6.45, 7) is 4.70. The van der Waals surface area contributed by atoms with E-state index in [1.165, 1.54) is 0 Å². The molecule has 3 aromatic heterocycles. The lowest BCUT2D eigenvalue weighted by atomic mass is 10.2. The third kappa shape index (κ3) is 2.95. The fourth-order valence-electron chi connectivity index (χ4n) is 2.30. The molecule has 0 saturated carbocycles. The molecule has 0 spiro atoms. The molecule has 0 saturated heterocycles. The quantitative estimate of drug-likeness (QED) is 0.786. The zero-order valence-electron chi connectivity index (χ0n) is 12.5. The maximum atomic E-state index is 12.0. The Kier molecular flexibility index (Phi) is 3.82. The minimum Gasteiger partial charge on any atom is -0.472 e. The van der Waals surface area contributed by atoms with Gasteiger partial charge in [0.05, 0.1) is 30.8 Å². The molecule has 0 aliphatic carbocycles. The number of amides is 1. The van der Waals surface area contributed by atoms with Crippen LogP contribution in [0.1, 0.15) is 21.9 Å². The van der Waals surface area contributed by atoms with Gasteiger partial charge in [0.25, 0.3) is 5.91 Å². The lowest BCUT2D eigenvalue weighted by molar-refractivity contribution is 0.0950. The molecular weight excluding hydrogens is 282 g/mol. The summed E-state index contributed by atoms with van der Waals surface area (Å²) in [6.07, 6.45) is 7.00.